The fourth-order valence-electron chi connectivity index (χ4n) is 6.42. The first kappa shape index (κ1) is 51.4. The normalized spacial score (nSPS) is 11.7. The second kappa shape index (κ2) is 25.2. The smallest absolute Gasteiger partial charge is 0.328 e. The fraction of sp³-hybridized carbons (Fsp3) is 0.477. The molecule has 0 radical (unpaired) electrons. The highest BCUT2D eigenvalue weighted by Crippen LogP contribution is 2.41. The van der Waals surface area contributed by atoms with Gasteiger partial charge in [-0.05, 0) is 80.1 Å². The Balaban J connectivity index is 2.10. The Bertz CT molecular complexity index is 2320. The molecule has 0 fully saturated rings. The third-order valence-corrected chi connectivity index (χ3v) is 9.36. The Hall–Kier alpha value is -6.99. The number of aromatic hydroxyl groups is 1. The maximum atomic E-state index is 14.6. The number of phenolic OH excluding ortho intramolecular Hbond substituents is 1. The molecule has 0 aliphatic heterocycles. The number of esters is 2. The van der Waals surface area contributed by atoms with E-state index in [0.29, 0.717) is 18.4 Å². The number of carbonyl (C=O) groups is 4. The molecule has 2 aromatic carbocycles. The Labute approximate surface area is 371 Å². The highest BCUT2D eigenvalue weighted by molar-refractivity contribution is 5.98. The number of fused-ring (bicyclic) bond motifs is 2. The average molecular weight is 895 g/mol. The molecule has 0 aliphatic rings. The second-order valence-electron chi connectivity index (χ2n) is 15.0. The van der Waals surface area contributed by atoms with Crippen molar-refractivity contribution < 1.29 is 52.4 Å². The van der Waals surface area contributed by atoms with Crippen LogP contribution in [-0.2, 0) is 41.5 Å². The standard InChI is InChI=1S/C44H62N8O12/c1-8-60-41(57)28(12-10-18-49-43(45)46)51-34(53)22-62-30-20-32-37(38(55)26(30)16-14-24(3)4)39(56)36-27(17-15-25(5)6)40(59-7)33(21-31(36)64-32)63-23-35(54)52-29(42(58)61-9-2)13-11-19-50-44(47)48/h14-15,20-21,28-29,55H,8-13,16-19,22-23H2,1-7H3,(H,51,53)(H,52,54)(H4,45,46,49)(H4,47,48,50)/t28-,29-/m0/s1. The topological polar surface area (TPSA) is 318 Å². The quantitative estimate of drug-likeness (QED) is 0.0161. The lowest BCUT2D eigenvalue weighted by atomic mass is 9.98. The molecule has 350 valence electrons. The first-order valence-electron chi connectivity index (χ1n) is 20.8. The number of methoxy groups -OCH3 is 1. The van der Waals surface area contributed by atoms with Gasteiger partial charge in [0, 0.05) is 36.3 Å². The monoisotopic (exact) mass is 894 g/mol. The van der Waals surface area contributed by atoms with Crippen molar-refractivity contribution in [3.63, 3.8) is 0 Å². The largest absolute Gasteiger partial charge is 0.507 e. The van der Waals surface area contributed by atoms with Gasteiger partial charge in [0.1, 0.15) is 40.1 Å². The van der Waals surface area contributed by atoms with Crippen molar-refractivity contribution in [2.24, 2.45) is 32.9 Å². The zero-order valence-electron chi connectivity index (χ0n) is 37.6. The summed E-state index contributed by atoms with van der Waals surface area (Å²) in [6.07, 6.45) is 5.05. The van der Waals surface area contributed by atoms with Crippen LogP contribution in [0.5, 0.6) is 23.0 Å². The van der Waals surface area contributed by atoms with Crippen LogP contribution in [-0.4, -0.2) is 99.5 Å². The molecule has 0 spiro atoms. The lowest BCUT2D eigenvalue weighted by molar-refractivity contribution is -0.148. The van der Waals surface area contributed by atoms with Crippen molar-refractivity contribution in [1.29, 1.82) is 0 Å². The van der Waals surface area contributed by atoms with Gasteiger partial charge in [-0.1, -0.05) is 23.3 Å². The lowest BCUT2D eigenvalue weighted by Gasteiger charge is -2.19. The summed E-state index contributed by atoms with van der Waals surface area (Å²) in [6, 6.07) is 0.744. The fourth-order valence-corrected chi connectivity index (χ4v) is 6.42. The Morgan fingerprint density at radius 3 is 1.64 bits per heavy atom. The number of guanidine groups is 2. The number of phenols is 1. The molecule has 11 N–H and O–H groups in total. The first-order chi connectivity index (χ1) is 30.4. The third-order valence-electron chi connectivity index (χ3n) is 9.36. The van der Waals surface area contributed by atoms with E-state index in [1.165, 1.54) is 19.2 Å². The summed E-state index contributed by atoms with van der Waals surface area (Å²) in [5, 5.41) is 17.0. The molecule has 3 rings (SSSR count). The summed E-state index contributed by atoms with van der Waals surface area (Å²) < 4.78 is 34.4. The van der Waals surface area contributed by atoms with Gasteiger partial charge >= 0.3 is 11.9 Å². The van der Waals surface area contributed by atoms with E-state index in [0.717, 1.165) is 11.1 Å². The zero-order chi connectivity index (χ0) is 47.5. The number of nitrogens with two attached hydrogens (primary N) is 4. The van der Waals surface area contributed by atoms with Crippen molar-refractivity contribution in [2.75, 3.05) is 46.6 Å². The van der Waals surface area contributed by atoms with Crippen LogP contribution in [0.3, 0.4) is 0 Å². The van der Waals surface area contributed by atoms with Crippen molar-refractivity contribution >= 4 is 57.6 Å². The molecule has 2 amide bonds. The number of benzene rings is 2. The lowest BCUT2D eigenvalue weighted by Crippen LogP contribution is -2.44. The SMILES string of the molecule is CCOC(=O)[C@H](CCCN=C(N)N)NC(=O)COc1cc2oc3cc(OCC(=O)N[C@@H](CCCN=C(N)N)C(=O)OCC)c(OC)c(CC=C(C)C)c3c(=O)c2c(O)c1CC=C(C)C. The van der Waals surface area contributed by atoms with Crippen LogP contribution in [0.25, 0.3) is 21.9 Å². The number of hydrogen-bond donors (Lipinski definition) is 7. The molecule has 0 aliphatic carbocycles. The minimum Gasteiger partial charge on any atom is -0.507 e. The molecule has 1 aromatic heterocycles. The number of allylic oxidation sites excluding steroid dienone is 4. The van der Waals surface area contributed by atoms with Crippen molar-refractivity contribution in [1.82, 2.24) is 10.6 Å². The van der Waals surface area contributed by atoms with E-state index in [9.17, 15) is 29.1 Å². The van der Waals surface area contributed by atoms with Gasteiger partial charge < -0.3 is 66.8 Å². The van der Waals surface area contributed by atoms with Gasteiger partial charge in [0.05, 0.1) is 25.7 Å². The molecular weight excluding hydrogens is 833 g/mol. The highest BCUT2D eigenvalue weighted by Gasteiger charge is 2.27. The van der Waals surface area contributed by atoms with E-state index in [1.807, 2.05) is 39.8 Å². The molecule has 1 heterocycles. The number of nitrogens with one attached hydrogen (secondary N) is 2. The summed E-state index contributed by atoms with van der Waals surface area (Å²) in [5.74, 6) is -3.06. The number of ether oxygens (including phenoxy) is 5. The first-order valence-corrected chi connectivity index (χ1v) is 20.8. The minimum atomic E-state index is -1.02. The predicted molar refractivity (Wildman–Crippen MR) is 242 cm³/mol. The molecule has 0 saturated heterocycles. The third kappa shape index (κ3) is 15.1. The Morgan fingerprint density at radius 1 is 0.734 bits per heavy atom. The number of amides is 2. The van der Waals surface area contributed by atoms with Crippen LogP contribution >= 0.6 is 0 Å². The molecule has 3 aromatic rings. The summed E-state index contributed by atoms with van der Waals surface area (Å²) in [6.45, 7) is 10.2. The Kier molecular flexibility index (Phi) is 20.2. The van der Waals surface area contributed by atoms with Gasteiger partial charge in [-0.25, -0.2) is 9.59 Å². The Morgan fingerprint density at radius 2 is 1.19 bits per heavy atom. The molecule has 0 saturated carbocycles. The van der Waals surface area contributed by atoms with Gasteiger partial charge in [0.25, 0.3) is 11.8 Å². The molecule has 0 bridgehead atoms. The van der Waals surface area contributed by atoms with Crippen molar-refractivity contribution in [3.05, 3.63) is 56.8 Å². The number of nitrogens with zero attached hydrogens (tertiary/aromatic N) is 2. The second-order valence-corrected chi connectivity index (χ2v) is 15.0. The van der Waals surface area contributed by atoms with Gasteiger partial charge in [-0.3, -0.25) is 24.4 Å². The van der Waals surface area contributed by atoms with E-state index in [2.05, 4.69) is 20.6 Å². The van der Waals surface area contributed by atoms with Gasteiger partial charge in [0.15, 0.2) is 36.6 Å². The summed E-state index contributed by atoms with van der Waals surface area (Å²) >= 11 is 0. The molecule has 0 unspecified atom stereocenters. The van der Waals surface area contributed by atoms with E-state index >= 15 is 0 Å². The van der Waals surface area contributed by atoms with Crippen LogP contribution < -0.4 is 53.2 Å². The zero-order valence-corrected chi connectivity index (χ0v) is 37.6. The molecule has 2 atom stereocenters. The van der Waals surface area contributed by atoms with E-state index in [4.69, 9.17) is 51.0 Å². The van der Waals surface area contributed by atoms with Crippen molar-refractivity contribution in [3.8, 4) is 23.0 Å². The molecule has 64 heavy (non-hydrogen) atoms. The van der Waals surface area contributed by atoms with Crippen LogP contribution in [0.2, 0.25) is 0 Å². The van der Waals surface area contributed by atoms with Crippen LogP contribution in [0, 0.1) is 0 Å². The van der Waals surface area contributed by atoms with Crippen LogP contribution in [0.1, 0.15) is 78.4 Å². The van der Waals surface area contributed by atoms with Gasteiger partial charge in [-0.15, -0.1) is 0 Å². The highest BCUT2D eigenvalue weighted by atomic mass is 16.5. The number of carbonyl (C=O) groups excluding carboxylic acids is 4. The summed E-state index contributed by atoms with van der Waals surface area (Å²) in [7, 11) is 1.38. The number of aliphatic imine (C=N–C) groups is 2. The predicted octanol–water partition coefficient (Wildman–Crippen LogP) is 2.64. The maximum absolute atomic E-state index is 14.6. The van der Waals surface area contributed by atoms with Gasteiger partial charge in [-0.2, -0.15) is 0 Å². The number of hydrogen-bond acceptors (Lipinski definition) is 14. The maximum Gasteiger partial charge on any atom is 0.328 e. The van der Waals surface area contributed by atoms with Crippen LogP contribution in [0.15, 0.2) is 54.6 Å². The minimum absolute atomic E-state index is 0.0214. The van der Waals surface area contributed by atoms with Crippen LogP contribution in [0.4, 0.5) is 0 Å². The molecule has 20 nitrogen and oxygen atoms in total. The van der Waals surface area contributed by atoms with E-state index < -0.39 is 60.2 Å². The van der Waals surface area contributed by atoms with Crippen molar-refractivity contribution in [2.45, 2.75) is 92.2 Å². The molecule has 20 heteroatoms. The molecular formula is C44H62N8O12. The summed E-state index contributed by atoms with van der Waals surface area (Å²) in [4.78, 5) is 74.3. The number of rotatable bonds is 25. The summed E-state index contributed by atoms with van der Waals surface area (Å²) in [5.41, 5.74) is 23.3. The van der Waals surface area contributed by atoms with E-state index in [1.54, 1.807) is 13.8 Å². The van der Waals surface area contributed by atoms with E-state index in [-0.39, 0.29) is 109 Å². The van der Waals surface area contributed by atoms with Gasteiger partial charge in [0.2, 0.25) is 5.43 Å². The average Bonchev–Trinajstić information content (AvgIpc) is 3.22.